The zero-order chi connectivity index (χ0) is 23.8. The van der Waals surface area contributed by atoms with Gasteiger partial charge in [0, 0.05) is 55.4 Å². The molecule has 0 radical (unpaired) electrons. The molecule has 0 aliphatic carbocycles. The number of hydrogen-bond donors (Lipinski definition) is 2. The summed E-state index contributed by atoms with van der Waals surface area (Å²) in [4.78, 5) is 25.7. The fraction of sp³-hybridized carbons (Fsp3) is 0.304. The molecule has 2 aromatic carbocycles. The molecule has 0 spiro atoms. The quantitative estimate of drug-likeness (QED) is 0.541. The molecule has 0 unspecified atom stereocenters. The molecule has 1 aromatic heterocycles. The highest BCUT2D eigenvalue weighted by Gasteiger charge is 2.34. The maximum Gasteiger partial charge on any atom is 0.335 e. The number of aromatic carboxylic acids is 1. The van der Waals surface area contributed by atoms with Crippen LogP contribution in [0.2, 0.25) is 0 Å². The van der Waals surface area contributed by atoms with Gasteiger partial charge in [0.05, 0.1) is 11.8 Å². The van der Waals surface area contributed by atoms with Crippen molar-refractivity contribution in [3.63, 3.8) is 0 Å². The molecule has 9 nitrogen and oxygen atoms in total. The molecule has 10 heteroatoms. The van der Waals surface area contributed by atoms with E-state index in [4.69, 9.17) is 0 Å². The number of carbonyl (C=O) groups is 2. The molecule has 4 rings (SSSR count). The van der Waals surface area contributed by atoms with Gasteiger partial charge in [-0.05, 0) is 17.7 Å². The van der Waals surface area contributed by atoms with Gasteiger partial charge in [-0.3, -0.25) is 9.69 Å². The number of nitrogens with zero attached hydrogens (tertiary/aromatic N) is 3. The summed E-state index contributed by atoms with van der Waals surface area (Å²) in [6, 6.07) is 13.3. The molecule has 1 aliphatic heterocycles. The molecule has 0 amide bonds. The van der Waals surface area contributed by atoms with E-state index < -0.39 is 28.0 Å². The number of carboxylic acid groups (broad SMARTS) is 2. The summed E-state index contributed by atoms with van der Waals surface area (Å²) < 4.78 is 26.9. The van der Waals surface area contributed by atoms with Crippen LogP contribution >= 0.6 is 0 Å². The first-order chi connectivity index (χ1) is 15.6. The van der Waals surface area contributed by atoms with E-state index in [0.29, 0.717) is 23.0 Å². The van der Waals surface area contributed by atoms with Crippen molar-refractivity contribution in [1.82, 2.24) is 13.8 Å². The lowest BCUT2D eigenvalue weighted by Gasteiger charge is -2.36. The van der Waals surface area contributed by atoms with Gasteiger partial charge in [-0.15, -0.1) is 0 Å². The van der Waals surface area contributed by atoms with E-state index in [0.717, 1.165) is 11.8 Å². The Hall–Kier alpha value is -3.21. The summed E-state index contributed by atoms with van der Waals surface area (Å²) in [7, 11) is -3.34. The van der Waals surface area contributed by atoms with Crippen LogP contribution in [-0.2, 0) is 21.4 Å². The minimum absolute atomic E-state index is 0.120. The van der Waals surface area contributed by atoms with E-state index in [-0.39, 0.29) is 31.7 Å². The Morgan fingerprint density at radius 2 is 1.67 bits per heavy atom. The molecule has 2 heterocycles. The number of piperazine rings is 1. The van der Waals surface area contributed by atoms with Gasteiger partial charge in [0.15, 0.2) is 0 Å². The number of rotatable bonds is 7. The second-order valence-corrected chi connectivity index (χ2v) is 10.2. The summed E-state index contributed by atoms with van der Waals surface area (Å²) in [6.07, 6.45) is 2.92. The molecule has 1 saturated heterocycles. The van der Waals surface area contributed by atoms with Crippen molar-refractivity contribution in [3.05, 3.63) is 71.4 Å². The van der Waals surface area contributed by atoms with Crippen LogP contribution in [-0.4, -0.2) is 76.8 Å². The molecule has 1 aliphatic rings. The summed E-state index contributed by atoms with van der Waals surface area (Å²) in [5.41, 5.74) is 2.30. The number of fused-ring (bicyclic) bond motifs is 1. The number of benzene rings is 2. The highest BCUT2D eigenvalue weighted by Crippen LogP contribution is 2.32. The maximum absolute atomic E-state index is 12.4. The van der Waals surface area contributed by atoms with Gasteiger partial charge in [0.25, 0.3) is 0 Å². The highest BCUT2D eigenvalue weighted by atomic mass is 32.2. The minimum atomic E-state index is -3.34. The molecule has 1 atom stereocenters. The third-order valence-corrected chi connectivity index (χ3v) is 7.29. The van der Waals surface area contributed by atoms with Crippen LogP contribution in [0.1, 0.15) is 27.5 Å². The number of hydrogen-bond acceptors (Lipinski definition) is 5. The zero-order valence-corrected chi connectivity index (χ0v) is 18.9. The Morgan fingerprint density at radius 1 is 1.00 bits per heavy atom. The standard InChI is InChI=1S/C23H25N3O6S/c1-33(31,32)26-11-9-24(10-12-26)21(23(29)30)19-15-25(14-16-5-3-2-4-6-16)20-13-17(22(27)28)7-8-18(19)20/h2-8,13,15,21H,9-12,14H2,1H3,(H,27,28)(H,29,30)/t21-/m0/s1. The van der Waals surface area contributed by atoms with Crippen molar-refractivity contribution in [3.8, 4) is 0 Å². The fourth-order valence-corrected chi connectivity index (χ4v) is 5.19. The molecular weight excluding hydrogens is 446 g/mol. The highest BCUT2D eigenvalue weighted by molar-refractivity contribution is 7.88. The molecule has 1 fully saturated rings. The molecule has 0 saturated carbocycles. The van der Waals surface area contributed by atoms with E-state index >= 15 is 0 Å². The van der Waals surface area contributed by atoms with Gasteiger partial charge < -0.3 is 14.8 Å². The van der Waals surface area contributed by atoms with Crippen LogP contribution < -0.4 is 0 Å². The smallest absolute Gasteiger partial charge is 0.335 e. The molecule has 33 heavy (non-hydrogen) atoms. The van der Waals surface area contributed by atoms with Crippen molar-refractivity contribution in [2.45, 2.75) is 12.6 Å². The van der Waals surface area contributed by atoms with Crippen molar-refractivity contribution >= 4 is 32.9 Å². The molecule has 3 aromatic rings. The van der Waals surface area contributed by atoms with Gasteiger partial charge in [0.1, 0.15) is 6.04 Å². The van der Waals surface area contributed by atoms with Gasteiger partial charge in [0.2, 0.25) is 10.0 Å². The lowest BCUT2D eigenvalue weighted by atomic mass is 10.0. The van der Waals surface area contributed by atoms with Crippen molar-refractivity contribution in [2.24, 2.45) is 0 Å². The summed E-state index contributed by atoms with van der Waals surface area (Å²) >= 11 is 0. The SMILES string of the molecule is CS(=O)(=O)N1CCN([C@H](C(=O)O)c2cn(Cc3ccccc3)c3cc(C(=O)O)ccc23)CC1. The predicted octanol–water partition coefficient (Wildman–Crippen LogP) is 2.09. The normalized spacial score (nSPS) is 16.6. The Morgan fingerprint density at radius 3 is 2.24 bits per heavy atom. The average molecular weight is 472 g/mol. The topological polar surface area (TPSA) is 120 Å². The first kappa shape index (κ1) is 23.0. The van der Waals surface area contributed by atoms with E-state index in [1.54, 1.807) is 23.2 Å². The third kappa shape index (κ3) is 4.77. The number of carboxylic acids is 2. The minimum Gasteiger partial charge on any atom is -0.480 e. The van der Waals surface area contributed by atoms with Gasteiger partial charge >= 0.3 is 11.9 Å². The van der Waals surface area contributed by atoms with Crippen LogP contribution in [0.5, 0.6) is 0 Å². The Labute approximate surface area is 191 Å². The monoisotopic (exact) mass is 471 g/mol. The van der Waals surface area contributed by atoms with E-state index in [1.165, 1.54) is 10.4 Å². The second kappa shape index (κ2) is 8.97. The fourth-order valence-electron chi connectivity index (χ4n) is 4.36. The predicted molar refractivity (Wildman–Crippen MR) is 123 cm³/mol. The van der Waals surface area contributed by atoms with Crippen LogP contribution in [0.3, 0.4) is 0 Å². The van der Waals surface area contributed by atoms with Gasteiger partial charge in [-0.25, -0.2) is 13.2 Å². The van der Waals surface area contributed by atoms with Crippen LogP contribution in [0.15, 0.2) is 54.7 Å². The van der Waals surface area contributed by atoms with Crippen molar-refractivity contribution in [2.75, 3.05) is 32.4 Å². The van der Waals surface area contributed by atoms with Crippen molar-refractivity contribution in [1.29, 1.82) is 0 Å². The zero-order valence-electron chi connectivity index (χ0n) is 18.1. The number of aliphatic carboxylic acids is 1. The number of sulfonamides is 1. The molecule has 2 N–H and O–H groups in total. The lowest BCUT2D eigenvalue weighted by molar-refractivity contribution is -0.144. The summed E-state index contributed by atoms with van der Waals surface area (Å²) in [5, 5.41) is 20.2. The summed E-state index contributed by atoms with van der Waals surface area (Å²) in [6.45, 7) is 1.45. The van der Waals surface area contributed by atoms with Crippen LogP contribution in [0, 0.1) is 0 Å². The van der Waals surface area contributed by atoms with Crippen LogP contribution in [0.25, 0.3) is 10.9 Å². The summed E-state index contributed by atoms with van der Waals surface area (Å²) in [5.74, 6) is -2.10. The van der Waals surface area contributed by atoms with Crippen LogP contribution in [0.4, 0.5) is 0 Å². The maximum atomic E-state index is 12.4. The third-order valence-electron chi connectivity index (χ3n) is 5.99. The van der Waals surface area contributed by atoms with Gasteiger partial charge in [-0.1, -0.05) is 36.4 Å². The number of aromatic nitrogens is 1. The van der Waals surface area contributed by atoms with E-state index in [1.807, 2.05) is 34.9 Å². The molecule has 174 valence electrons. The Kier molecular flexibility index (Phi) is 6.24. The first-order valence-electron chi connectivity index (χ1n) is 10.5. The molecular formula is C23H25N3O6S. The Bertz CT molecular complexity index is 1290. The lowest BCUT2D eigenvalue weighted by Crippen LogP contribution is -2.50. The second-order valence-electron chi connectivity index (χ2n) is 8.17. The van der Waals surface area contributed by atoms with E-state index in [9.17, 15) is 28.2 Å². The van der Waals surface area contributed by atoms with Gasteiger partial charge in [-0.2, -0.15) is 4.31 Å². The first-order valence-corrected chi connectivity index (χ1v) is 12.3. The average Bonchev–Trinajstić information content (AvgIpc) is 3.11. The van der Waals surface area contributed by atoms with E-state index in [2.05, 4.69) is 0 Å². The Balaban J connectivity index is 1.76. The molecule has 0 bridgehead atoms. The largest absolute Gasteiger partial charge is 0.480 e. The van der Waals surface area contributed by atoms with Crippen molar-refractivity contribution < 1.29 is 28.2 Å².